The van der Waals surface area contributed by atoms with E-state index in [-0.39, 0.29) is 11.7 Å². The summed E-state index contributed by atoms with van der Waals surface area (Å²) >= 11 is 0. The molecule has 0 spiro atoms. The predicted octanol–water partition coefficient (Wildman–Crippen LogP) is 1.43. The monoisotopic (exact) mass is 189 g/mol. The van der Waals surface area contributed by atoms with Crippen molar-refractivity contribution in [3.8, 4) is 0 Å². The zero-order chi connectivity index (χ0) is 10.3. The zero-order valence-corrected chi connectivity index (χ0v) is 9.52. The van der Waals surface area contributed by atoms with Crippen LogP contribution in [-0.4, -0.2) is 38.5 Å². The Bertz CT molecular complexity index is 126. The molecule has 0 aliphatic heterocycles. The normalized spacial score (nSPS) is 14.5. The van der Waals surface area contributed by atoms with E-state index in [9.17, 15) is 0 Å². The molecule has 0 aliphatic rings. The summed E-state index contributed by atoms with van der Waals surface area (Å²) in [5.74, 6) is 0. The van der Waals surface area contributed by atoms with Gasteiger partial charge in [0.25, 0.3) is 0 Å². The number of nitrogens with one attached hydrogen (secondary N) is 1. The number of hydrogen-bond donors (Lipinski definition) is 1. The Kier molecular flexibility index (Phi) is 6.29. The van der Waals surface area contributed by atoms with Crippen molar-refractivity contribution < 1.29 is 9.47 Å². The van der Waals surface area contributed by atoms with Gasteiger partial charge < -0.3 is 14.8 Å². The van der Waals surface area contributed by atoms with E-state index in [1.165, 1.54) is 0 Å². The minimum absolute atomic E-state index is 0.120. The molecule has 0 fully saturated rings. The van der Waals surface area contributed by atoms with E-state index in [2.05, 4.69) is 19.2 Å². The van der Waals surface area contributed by atoms with Crippen LogP contribution < -0.4 is 5.32 Å². The van der Waals surface area contributed by atoms with Gasteiger partial charge in [-0.1, -0.05) is 0 Å². The van der Waals surface area contributed by atoms with Gasteiger partial charge in [-0.15, -0.1) is 0 Å². The molecule has 0 bridgehead atoms. The maximum atomic E-state index is 5.79. The maximum absolute atomic E-state index is 5.79. The van der Waals surface area contributed by atoms with Gasteiger partial charge in [-0.2, -0.15) is 0 Å². The fourth-order valence-corrected chi connectivity index (χ4v) is 1.33. The molecule has 0 saturated carbocycles. The van der Waals surface area contributed by atoms with E-state index in [0.29, 0.717) is 6.61 Å². The van der Waals surface area contributed by atoms with Gasteiger partial charge in [0.2, 0.25) is 0 Å². The van der Waals surface area contributed by atoms with Crippen molar-refractivity contribution in [3.05, 3.63) is 0 Å². The molecule has 1 atom stereocenters. The first-order valence-electron chi connectivity index (χ1n) is 4.92. The second-order valence-electron chi connectivity index (χ2n) is 3.88. The smallest absolute Gasteiger partial charge is 0.0788 e. The summed E-state index contributed by atoms with van der Waals surface area (Å²) in [6.45, 7) is 10.4. The molecule has 80 valence electrons. The minimum Gasteiger partial charge on any atom is -0.379 e. The molecule has 0 radical (unpaired) electrons. The quantitative estimate of drug-likeness (QED) is 0.657. The Hall–Kier alpha value is -0.120. The molecule has 3 heteroatoms. The molecule has 0 rings (SSSR count). The molecule has 3 nitrogen and oxygen atoms in total. The molecule has 0 aliphatic carbocycles. The van der Waals surface area contributed by atoms with Gasteiger partial charge in [-0.25, -0.2) is 0 Å². The number of rotatable bonds is 7. The lowest BCUT2D eigenvalue weighted by atomic mass is 10.1. The molecule has 1 N–H and O–H groups in total. The predicted molar refractivity (Wildman–Crippen MR) is 55.0 cm³/mol. The fraction of sp³-hybridized carbons (Fsp3) is 1.00. The molecule has 13 heavy (non-hydrogen) atoms. The van der Waals surface area contributed by atoms with E-state index >= 15 is 0 Å². The van der Waals surface area contributed by atoms with Crippen LogP contribution in [0.2, 0.25) is 0 Å². The van der Waals surface area contributed by atoms with Crippen molar-refractivity contribution >= 4 is 0 Å². The van der Waals surface area contributed by atoms with Gasteiger partial charge >= 0.3 is 0 Å². The molecular formula is C10H23NO2. The lowest BCUT2D eigenvalue weighted by molar-refractivity contribution is -0.0900. The summed E-state index contributed by atoms with van der Waals surface area (Å²) < 4.78 is 11.1. The Morgan fingerprint density at radius 2 is 2.00 bits per heavy atom. The van der Waals surface area contributed by atoms with E-state index in [4.69, 9.17) is 9.47 Å². The largest absolute Gasteiger partial charge is 0.379 e. The maximum Gasteiger partial charge on any atom is 0.0788 e. The Labute approximate surface area is 81.8 Å². The van der Waals surface area contributed by atoms with Crippen molar-refractivity contribution in [2.24, 2.45) is 0 Å². The SMILES string of the molecule is CCOCC(C)OC(C)(C)CNC. The Morgan fingerprint density at radius 1 is 1.38 bits per heavy atom. The van der Waals surface area contributed by atoms with Crippen molar-refractivity contribution in [2.75, 3.05) is 26.8 Å². The third-order valence-corrected chi connectivity index (χ3v) is 1.68. The fourth-order valence-electron chi connectivity index (χ4n) is 1.33. The minimum atomic E-state index is -0.120. The molecule has 0 aromatic rings. The average Bonchev–Trinajstić information content (AvgIpc) is 1.99. The first-order valence-corrected chi connectivity index (χ1v) is 4.92. The molecule has 0 amide bonds. The number of likely N-dealkylation sites (N-methyl/N-ethyl adjacent to an activating group) is 1. The van der Waals surface area contributed by atoms with Gasteiger partial charge in [0.05, 0.1) is 18.3 Å². The highest BCUT2D eigenvalue weighted by molar-refractivity contribution is 4.72. The van der Waals surface area contributed by atoms with Crippen LogP contribution >= 0.6 is 0 Å². The van der Waals surface area contributed by atoms with Crippen LogP contribution in [0.4, 0.5) is 0 Å². The van der Waals surface area contributed by atoms with Crippen LogP contribution in [0.3, 0.4) is 0 Å². The molecule has 0 heterocycles. The van der Waals surface area contributed by atoms with Crippen LogP contribution in [0.25, 0.3) is 0 Å². The van der Waals surface area contributed by atoms with Crippen molar-refractivity contribution in [2.45, 2.75) is 39.4 Å². The highest BCUT2D eigenvalue weighted by atomic mass is 16.5. The summed E-state index contributed by atoms with van der Waals surface area (Å²) in [4.78, 5) is 0. The van der Waals surface area contributed by atoms with Crippen LogP contribution in [0, 0.1) is 0 Å². The molecule has 1 unspecified atom stereocenters. The van der Waals surface area contributed by atoms with Crippen LogP contribution in [0.15, 0.2) is 0 Å². The first-order chi connectivity index (χ1) is 6.02. The Balaban J connectivity index is 3.68. The first kappa shape index (κ1) is 12.9. The molecular weight excluding hydrogens is 166 g/mol. The van der Waals surface area contributed by atoms with Crippen molar-refractivity contribution in [1.82, 2.24) is 5.32 Å². The lowest BCUT2D eigenvalue weighted by Gasteiger charge is -2.28. The van der Waals surface area contributed by atoms with Gasteiger partial charge in [0.15, 0.2) is 0 Å². The van der Waals surface area contributed by atoms with Gasteiger partial charge in [0.1, 0.15) is 0 Å². The third-order valence-electron chi connectivity index (χ3n) is 1.68. The second-order valence-corrected chi connectivity index (χ2v) is 3.88. The van der Waals surface area contributed by atoms with E-state index < -0.39 is 0 Å². The van der Waals surface area contributed by atoms with Gasteiger partial charge in [-0.3, -0.25) is 0 Å². The lowest BCUT2D eigenvalue weighted by Crippen LogP contribution is -2.39. The number of hydrogen-bond acceptors (Lipinski definition) is 3. The highest BCUT2D eigenvalue weighted by Gasteiger charge is 2.20. The van der Waals surface area contributed by atoms with Gasteiger partial charge in [-0.05, 0) is 34.7 Å². The summed E-state index contributed by atoms with van der Waals surface area (Å²) in [6, 6.07) is 0. The van der Waals surface area contributed by atoms with Crippen molar-refractivity contribution in [3.63, 3.8) is 0 Å². The highest BCUT2D eigenvalue weighted by Crippen LogP contribution is 2.11. The zero-order valence-electron chi connectivity index (χ0n) is 9.52. The summed E-state index contributed by atoms with van der Waals surface area (Å²) in [5.41, 5.74) is -0.120. The van der Waals surface area contributed by atoms with Crippen molar-refractivity contribution in [1.29, 1.82) is 0 Å². The average molecular weight is 189 g/mol. The molecule has 0 saturated heterocycles. The molecule has 0 aromatic carbocycles. The summed E-state index contributed by atoms with van der Waals surface area (Å²) in [5, 5.41) is 3.10. The van der Waals surface area contributed by atoms with E-state index in [0.717, 1.165) is 13.2 Å². The van der Waals surface area contributed by atoms with Crippen LogP contribution in [-0.2, 0) is 9.47 Å². The summed E-state index contributed by atoms with van der Waals surface area (Å²) in [7, 11) is 1.93. The van der Waals surface area contributed by atoms with E-state index in [1.807, 2.05) is 20.9 Å². The summed E-state index contributed by atoms with van der Waals surface area (Å²) in [6.07, 6.45) is 0.156. The second kappa shape index (κ2) is 6.35. The van der Waals surface area contributed by atoms with Crippen LogP contribution in [0.5, 0.6) is 0 Å². The van der Waals surface area contributed by atoms with Crippen LogP contribution in [0.1, 0.15) is 27.7 Å². The number of ether oxygens (including phenoxy) is 2. The molecule has 0 aromatic heterocycles. The third kappa shape index (κ3) is 6.99. The topological polar surface area (TPSA) is 30.5 Å². The van der Waals surface area contributed by atoms with Gasteiger partial charge in [0, 0.05) is 13.2 Å². The standard InChI is InChI=1S/C10H23NO2/c1-6-12-7-9(2)13-10(3,4)8-11-5/h9,11H,6-8H2,1-5H3. The Morgan fingerprint density at radius 3 is 2.46 bits per heavy atom. The van der Waals surface area contributed by atoms with E-state index in [1.54, 1.807) is 0 Å².